The molecule has 0 saturated heterocycles. The predicted molar refractivity (Wildman–Crippen MR) is 38.5 cm³/mol. The van der Waals surface area contributed by atoms with E-state index in [4.69, 9.17) is 0 Å². The van der Waals surface area contributed by atoms with Crippen LogP contribution in [0.1, 0.15) is 25.7 Å². The Morgan fingerprint density at radius 2 is 0.667 bits per heavy atom. The van der Waals surface area contributed by atoms with Crippen LogP contribution < -0.4 is 0 Å². The van der Waals surface area contributed by atoms with Gasteiger partial charge in [0.25, 0.3) is 0 Å². The molecule has 1 aliphatic rings. The van der Waals surface area contributed by atoms with E-state index in [1.165, 1.54) is 0 Å². The van der Waals surface area contributed by atoms with Gasteiger partial charge in [0.2, 0.25) is 0 Å². The molecule has 12 heavy (non-hydrogen) atoms. The van der Waals surface area contributed by atoms with E-state index < -0.39 is 0 Å². The summed E-state index contributed by atoms with van der Waals surface area (Å²) >= 11 is 0. The van der Waals surface area contributed by atoms with Crippen molar-refractivity contribution in [2.24, 2.45) is 0 Å². The Hall–Kier alpha value is -1.32. The Morgan fingerprint density at radius 3 is 0.833 bits per heavy atom. The molecule has 0 N–H and O–H groups in total. The van der Waals surface area contributed by atoms with Gasteiger partial charge in [0.15, 0.2) is 0 Å². The molecular weight excluding hydrogens is 160 g/mol. The van der Waals surface area contributed by atoms with Crippen molar-refractivity contribution in [3.63, 3.8) is 0 Å². The summed E-state index contributed by atoms with van der Waals surface area (Å²) in [5, 5.41) is 0. The average Bonchev–Trinajstić information content (AvgIpc) is 1.81. The zero-order chi connectivity index (χ0) is 9.14. The first-order valence-corrected chi connectivity index (χ1v) is 3.64. The van der Waals surface area contributed by atoms with Crippen molar-refractivity contribution < 1.29 is 19.2 Å². The van der Waals surface area contributed by atoms with Crippen molar-refractivity contribution in [1.29, 1.82) is 0 Å². The molecule has 1 saturated carbocycles. The molecule has 0 aromatic rings. The molecule has 4 heteroatoms. The first-order chi connectivity index (χ1) is 5.58. The standard InChI is InChI=1S/C8H8O4/c9-5-1-6(10)3-8(12)4-7(11)2-5/h1-4H2. The van der Waals surface area contributed by atoms with Crippen molar-refractivity contribution in [3.8, 4) is 0 Å². The highest BCUT2D eigenvalue weighted by atomic mass is 16.2. The molecule has 1 fully saturated rings. The summed E-state index contributed by atoms with van der Waals surface area (Å²) < 4.78 is 0. The van der Waals surface area contributed by atoms with Gasteiger partial charge in [-0.3, -0.25) is 19.2 Å². The van der Waals surface area contributed by atoms with E-state index in [0.717, 1.165) is 0 Å². The second-order valence-corrected chi connectivity index (χ2v) is 2.86. The normalized spacial score (nSPS) is 20.7. The maximum Gasteiger partial charge on any atom is 0.147 e. The lowest BCUT2D eigenvalue weighted by Gasteiger charge is -2.04. The number of carbonyl (C=O) groups excluding carboxylic acids is 4. The fourth-order valence-corrected chi connectivity index (χ4v) is 1.13. The van der Waals surface area contributed by atoms with Crippen LogP contribution in [-0.4, -0.2) is 23.1 Å². The molecule has 0 aromatic carbocycles. The summed E-state index contributed by atoms with van der Waals surface area (Å²) in [5.41, 5.74) is 0. The third-order valence-electron chi connectivity index (χ3n) is 1.58. The fraction of sp³-hybridized carbons (Fsp3) is 0.500. The van der Waals surface area contributed by atoms with E-state index in [1.54, 1.807) is 0 Å². The smallest absolute Gasteiger partial charge is 0.147 e. The van der Waals surface area contributed by atoms with E-state index in [2.05, 4.69) is 0 Å². The quantitative estimate of drug-likeness (QED) is 0.471. The highest BCUT2D eigenvalue weighted by Gasteiger charge is 2.22. The van der Waals surface area contributed by atoms with Gasteiger partial charge in [-0.2, -0.15) is 0 Å². The summed E-state index contributed by atoms with van der Waals surface area (Å²) in [4.78, 5) is 43.2. The zero-order valence-electron chi connectivity index (χ0n) is 6.46. The van der Waals surface area contributed by atoms with Gasteiger partial charge < -0.3 is 0 Å². The number of hydrogen-bond acceptors (Lipinski definition) is 4. The van der Waals surface area contributed by atoms with Gasteiger partial charge >= 0.3 is 0 Å². The van der Waals surface area contributed by atoms with Gasteiger partial charge in [-0.25, -0.2) is 0 Å². The Balaban J connectivity index is 2.69. The van der Waals surface area contributed by atoms with Gasteiger partial charge in [-0.1, -0.05) is 0 Å². The van der Waals surface area contributed by atoms with Crippen LogP contribution in [-0.2, 0) is 19.2 Å². The van der Waals surface area contributed by atoms with Crippen molar-refractivity contribution in [2.75, 3.05) is 0 Å². The molecule has 0 aliphatic heterocycles. The number of carbonyl (C=O) groups is 4. The molecule has 0 amide bonds. The largest absolute Gasteiger partial charge is 0.299 e. The summed E-state index contributed by atoms with van der Waals surface area (Å²) in [7, 11) is 0. The molecule has 0 aromatic heterocycles. The third-order valence-corrected chi connectivity index (χ3v) is 1.58. The molecule has 0 radical (unpaired) electrons. The van der Waals surface area contributed by atoms with Crippen LogP contribution in [0.3, 0.4) is 0 Å². The number of hydrogen-bond donors (Lipinski definition) is 0. The van der Waals surface area contributed by atoms with Crippen LogP contribution in [0, 0.1) is 0 Å². The highest BCUT2D eigenvalue weighted by molar-refractivity contribution is 6.18. The van der Waals surface area contributed by atoms with Crippen LogP contribution in [0.4, 0.5) is 0 Å². The van der Waals surface area contributed by atoms with Gasteiger partial charge in [0.05, 0.1) is 25.7 Å². The first-order valence-electron chi connectivity index (χ1n) is 3.64. The lowest BCUT2D eigenvalue weighted by molar-refractivity contribution is -0.135. The minimum Gasteiger partial charge on any atom is -0.299 e. The molecule has 0 spiro atoms. The van der Waals surface area contributed by atoms with Crippen LogP contribution >= 0.6 is 0 Å². The van der Waals surface area contributed by atoms with Crippen molar-refractivity contribution in [2.45, 2.75) is 25.7 Å². The minimum atomic E-state index is -0.377. The molecule has 4 nitrogen and oxygen atoms in total. The molecule has 0 unspecified atom stereocenters. The topological polar surface area (TPSA) is 68.3 Å². The van der Waals surface area contributed by atoms with Crippen molar-refractivity contribution >= 4 is 23.1 Å². The highest BCUT2D eigenvalue weighted by Crippen LogP contribution is 2.06. The fourth-order valence-electron chi connectivity index (χ4n) is 1.13. The Bertz CT molecular complexity index is 192. The minimum absolute atomic E-state index is 0.266. The number of ketones is 4. The van der Waals surface area contributed by atoms with Crippen LogP contribution in [0.25, 0.3) is 0 Å². The van der Waals surface area contributed by atoms with E-state index in [0.29, 0.717) is 0 Å². The van der Waals surface area contributed by atoms with E-state index in [1.807, 2.05) is 0 Å². The molecular formula is C8H8O4. The lowest BCUT2D eigenvalue weighted by Crippen LogP contribution is -2.21. The number of rotatable bonds is 0. The van der Waals surface area contributed by atoms with Gasteiger partial charge in [-0.15, -0.1) is 0 Å². The van der Waals surface area contributed by atoms with Gasteiger partial charge in [0, 0.05) is 0 Å². The van der Waals surface area contributed by atoms with E-state index in [9.17, 15) is 19.2 Å². The summed E-state index contributed by atoms with van der Waals surface area (Å²) in [5.74, 6) is -1.51. The Labute approximate surface area is 68.9 Å². The second-order valence-electron chi connectivity index (χ2n) is 2.86. The molecule has 0 heterocycles. The molecule has 1 rings (SSSR count). The zero-order valence-corrected chi connectivity index (χ0v) is 6.46. The van der Waals surface area contributed by atoms with Crippen LogP contribution in [0.15, 0.2) is 0 Å². The van der Waals surface area contributed by atoms with Crippen molar-refractivity contribution in [1.82, 2.24) is 0 Å². The summed E-state index contributed by atoms with van der Waals surface area (Å²) in [6.07, 6.45) is -1.07. The second kappa shape index (κ2) is 3.38. The average molecular weight is 168 g/mol. The SMILES string of the molecule is O=C1CC(=O)CC(=O)CC(=O)C1. The van der Waals surface area contributed by atoms with E-state index >= 15 is 0 Å². The van der Waals surface area contributed by atoms with E-state index in [-0.39, 0.29) is 48.8 Å². The predicted octanol–water partition coefficient (Wildman–Crippen LogP) is -0.163. The lowest BCUT2D eigenvalue weighted by atomic mass is 9.97. The van der Waals surface area contributed by atoms with Crippen molar-refractivity contribution in [3.05, 3.63) is 0 Å². The molecule has 0 bridgehead atoms. The summed E-state index contributed by atoms with van der Waals surface area (Å²) in [6, 6.07) is 0. The Morgan fingerprint density at radius 1 is 0.500 bits per heavy atom. The van der Waals surface area contributed by atoms with Crippen LogP contribution in [0.2, 0.25) is 0 Å². The molecule has 0 atom stereocenters. The third kappa shape index (κ3) is 2.38. The maximum absolute atomic E-state index is 10.8. The van der Waals surface area contributed by atoms with Gasteiger partial charge in [0.1, 0.15) is 23.1 Å². The summed E-state index contributed by atoms with van der Waals surface area (Å²) in [6.45, 7) is 0. The first kappa shape index (κ1) is 8.77. The monoisotopic (exact) mass is 168 g/mol. The number of Topliss-reactive ketones (excluding diaryl/α,β-unsaturated/α-hetero) is 4. The molecule has 1 aliphatic carbocycles. The molecule has 64 valence electrons. The maximum atomic E-state index is 10.8. The Kier molecular flexibility index (Phi) is 2.47. The van der Waals surface area contributed by atoms with Gasteiger partial charge in [-0.05, 0) is 0 Å². The van der Waals surface area contributed by atoms with Crippen LogP contribution in [0.5, 0.6) is 0 Å².